The average molecular weight is 262 g/mol. The van der Waals surface area contributed by atoms with Crippen LogP contribution in [0, 0.1) is 5.41 Å². The molecule has 0 unspecified atom stereocenters. The fourth-order valence-corrected chi connectivity index (χ4v) is 1.97. The van der Waals surface area contributed by atoms with E-state index < -0.39 is 6.04 Å². The molecule has 0 aromatic carbocycles. The van der Waals surface area contributed by atoms with E-state index in [1.54, 1.807) is 11.8 Å². The molecule has 0 rings (SSSR count). The first-order chi connectivity index (χ1) is 7.93. The number of nitrogens with two attached hydrogens (primary N) is 1. The first kappa shape index (κ1) is 16.7. The Hall–Kier alpha value is -0.260. The highest BCUT2D eigenvalue weighted by Crippen LogP contribution is 2.20. The summed E-state index contributed by atoms with van der Waals surface area (Å²) in [7, 11) is 0. The molecule has 0 aliphatic rings. The fraction of sp³-hybridized carbons (Fsp3) is 0.917. The van der Waals surface area contributed by atoms with Crippen molar-refractivity contribution in [3.63, 3.8) is 0 Å². The summed E-state index contributed by atoms with van der Waals surface area (Å²) in [5.41, 5.74) is 5.78. The van der Waals surface area contributed by atoms with Crippen molar-refractivity contribution in [2.45, 2.75) is 39.2 Å². The molecule has 0 aromatic rings. The highest BCUT2D eigenvalue weighted by Gasteiger charge is 2.20. The molecule has 0 spiro atoms. The van der Waals surface area contributed by atoms with Crippen LogP contribution in [0.15, 0.2) is 0 Å². The molecular formula is C12H26N2O2S. The summed E-state index contributed by atoms with van der Waals surface area (Å²) in [6, 6.07) is -0.406. The van der Waals surface area contributed by atoms with Gasteiger partial charge in [0.05, 0.1) is 6.04 Å². The molecule has 0 saturated carbocycles. The van der Waals surface area contributed by atoms with Gasteiger partial charge >= 0.3 is 0 Å². The van der Waals surface area contributed by atoms with Gasteiger partial charge in [0.15, 0.2) is 0 Å². The third-order valence-corrected chi connectivity index (χ3v) is 3.37. The van der Waals surface area contributed by atoms with Crippen LogP contribution in [0.3, 0.4) is 0 Å². The Morgan fingerprint density at radius 1 is 1.53 bits per heavy atom. The van der Waals surface area contributed by atoms with Gasteiger partial charge in [0, 0.05) is 13.2 Å². The van der Waals surface area contributed by atoms with Gasteiger partial charge in [-0.15, -0.1) is 0 Å². The van der Waals surface area contributed by atoms with Gasteiger partial charge in [-0.05, 0) is 36.7 Å². The number of thioether (sulfide) groups is 1. The van der Waals surface area contributed by atoms with Crippen molar-refractivity contribution < 1.29 is 9.90 Å². The molecule has 0 radical (unpaired) electrons. The second-order valence-electron chi connectivity index (χ2n) is 5.10. The first-order valence-corrected chi connectivity index (χ1v) is 7.45. The van der Waals surface area contributed by atoms with E-state index >= 15 is 0 Å². The Morgan fingerprint density at radius 3 is 2.71 bits per heavy atom. The smallest absolute Gasteiger partial charge is 0.236 e. The molecule has 1 amide bonds. The van der Waals surface area contributed by atoms with Gasteiger partial charge < -0.3 is 16.2 Å². The number of hydrogen-bond acceptors (Lipinski definition) is 4. The van der Waals surface area contributed by atoms with Gasteiger partial charge in [-0.3, -0.25) is 4.79 Å². The molecule has 0 aromatic heterocycles. The van der Waals surface area contributed by atoms with Crippen molar-refractivity contribution in [3.8, 4) is 0 Å². The quantitative estimate of drug-likeness (QED) is 0.579. The number of rotatable bonds is 9. The number of aliphatic hydroxyl groups is 1. The average Bonchev–Trinajstić information content (AvgIpc) is 2.30. The Morgan fingerprint density at radius 2 is 2.18 bits per heavy atom. The van der Waals surface area contributed by atoms with Crippen molar-refractivity contribution >= 4 is 17.7 Å². The zero-order valence-electron chi connectivity index (χ0n) is 11.2. The molecule has 17 heavy (non-hydrogen) atoms. The van der Waals surface area contributed by atoms with E-state index in [-0.39, 0.29) is 17.9 Å². The maximum absolute atomic E-state index is 11.7. The van der Waals surface area contributed by atoms with E-state index in [0.717, 1.165) is 18.6 Å². The second kappa shape index (κ2) is 8.78. The van der Waals surface area contributed by atoms with Crippen molar-refractivity contribution in [3.05, 3.63) is 0 Å². The highest BCUT2D eigenvalue weighted by atomic mass is 32.2. The van der Waals surface area contributed by atoms with Crippen molar-refractivity contribution in [1.29, 1.82) is 0 Å². The molecule has 0 aliphatic carbocycles. The maximum atomic E-state index is 11.7. The van der Waals surface area contributed by atoms with E-state index in [9.17, 15) is 4.79 Å². The molecule has 0 saturated heterocycles. The van der Waals surface area contributed by atoms with Crippen LogP contribution in [-0.2, 0) is 4.79 Å². The third-order valence-electron chi connectivity index (χ3n) is 2.72. The number of nitrogens with one attached hydrogen (secondary N) is 1. The van der Waals surface area contributed by atoms with Crippen LogP contribution >= 0.6 is 11.8 Å². The summed E-state index contributed by atoms with van der Waals surface area (Å²) in [5, 5.41) is 11.7. The summed E-state index contributed by atoms with van der Waals surface area (Å²) in [6.07, 6.45) is 4.37. The van der Waals surface area contributed by atoms with Gasteiger partial charge in [-0.1, -0.05) is 13.8 Å². The van der Waals surface area contributed by atoms with E-state index in [4.69, 9.17) is 10.8 Å². The van der Waals surface area contributed by atoms with Crippen molar-refractivity contribution in [2.75, 3.05) is 25.2 Å². The lowest BCUT2D eigenvalue weighted by atomic mass is 9.88. The predicted molar refractivity (Wildman–Crippen MR) is 74.1 cm³/mol. The molecule has 4 nitrogen and oxygen atoms in total. The van der Waals surface area contributed by atoms with Crippen molar-refractivity contribution in [2.24, 2.45) is 11.1 Å². The molecule has 0 bridgehead atoms. The highest BCUT2D eigenvalue weighted by molar-refractivity contribution is 7.98. The number of hydrogen-bond donors (Lipinski definition) is 3. The number of carbonyl (C=O) groups is 1. The van der Waals surface area contributed by atoms with E-state index in [2.05, 4.69) is 19.2 Å². The minimum atomic E-state index is -0.406. The van der Waals surface area contributed by atoms with E-state index in [0.29, 0.717) is 13.0 Å². The van der Waals surface area contributed by atoms with Crippen LogP contribution in [0.4, 0.5) is 0 Å². The van der Waals surface area contributed by atoms with E-state index in [1.165, 1.54) is 0 Å². The molecule has 0 aliphatic heterocycles. The second-order valence-corrected chi connectivity index (χ2v) is 6.08. The molecular weight excluding hydrogens is 236 g/mol. The van der Waals surface area contributed by atoms with Gasteiger partial charge in [-0.2, -0.15) is 11.8 Å². The molecule has 0 fully saturated rings. The molecule has 0 heterocycles. The molecule has 1 atom stereocenters. The Bertz CT molecular complexity index is 223. The van der Waals surface area contributed by atoms with Gasteiger partial charge in [0.2, 0.25) is 5.91 Å². The molecule has 4 N–H and O–H groups in total. The lowest BCUT2D eigenvalue weighted by Gasteiger charge is -2.25. The van der Waals surface area contributed by atoms with Crippen molar-refractivity contribution in [1.82, 2.24) is 5.32 Å². The number of carbonyl (C=O) groups excluding carboxylic acids is 1. The van der Waals surface area contributed by atoms with Gasteiger partial charge in [-0.25, -0.2) is 0 Å². The fourth-order valence-electron chi connectivity index (χ4n) is 1.48. The summed E-state index contributed by atoms with van der Waals surface area (Å²) >= 11 is 1.69. The molecule has 102 valence electrons. The zero-order chi connectivity index (χ0) is 13.3. The van der Waals surface area contributed by atoms with Gasteiger partial charge in [0.25, 0.3) is 0 Å². The van der Waals surface area contributed by atoms with Gasteiger partial charge in [0.1, 0.15) is 0 Å². The van der Waals surface area contributed by atoms with Crippen LogP contribution < -0.4 is 11.1 Å². The minimum absolute atomic E-state index is 0.0115. The molecule has 5 heteroatoms. The van der Waals surface area contributed by atoms with Crippen LogP contribution in [0.25, 0.3) is 0 Å². The SMILES string of the molecule is CSCC[C@H](N)C(=O)NCC(C)(C)CCCO. The summed E-state index contributed by atoms with van der Waals surface area (Å²) in [4.78, 5) is 11.7. The number of amides is 1. The summed E-state index contributed by atoms with van der Waals surface area (Å²) in [6.45, 7) is 4.97. The number of aliphatic hydroxyl groups excluding tert-OH is 1. The van der Waals surface area contributed by atoms with Crippen LogP contribution in [-0.4, -0.2) is 42.2 Å². The lowest BCUT2D eigenvalue weighted by molar-refractivity contribution is -0.122. The first-order valence-electron chi connectivity index (χ1n) is 6.06. The monoisotopic (exact) mass is 262 g/mol. The standard InChI is InChI=1S/C12H26N2O2S/c1-12(2,6-4-7-15)9-14-11(16)10(13)5-8-17-3/h10,15H,4-9,13H2,1-3H3,(H,14,16)/t10-/m0/s1. The van der Waals surface area contributed by atoms with Crippen LogP contribution in [0.2, 0.25) is 0 Å². The minimum Gasteiger partial charge on any atom is -0.396 e. The Balaban J connectivity index is 3.88. The third kappa shape index (κ3) is 8.46. The summed E-state index contributed by atoms with van der Waals surface area (Å²) < 4.78 is 0. The zero-order valence-corrected chi connectivity index (χ0v) is 12.0. The summed E-state index contributed by atoms with van der Waals surface area (Å²) in [5.74, 6) is 0.832. The van der Waals surface area contributed by atoms with E-state index in [1.807, 2.05) is 6.26 Å². The topological polar surface area (TPSA) is 75.4 Å². The van der Waals surface area contributed by atoms with Crippen LogP contribution in [0.5, 0.6) is 0 Å². The largest absolute Gasteiger partial charge is 0.396 e. The Labute approximate surface area is 109 Å². The normalized spacial score (nSPS) is 13.5. The Kier molecular flexibility index (Phi) is 8.64. The predicted octanol–water partition coefficient (Wildman–Crippen LogP) is 0.982. The maximum Gasteiger partial charge on any atom is 0.236 e. The van der Waals surface area contributed by atoms with Crippen LogP contribution in [0.1, 0.15) is 33.1 Å². The lowest BCUT2D eigenvalue weighted by Crippen LogP contribution is -2.44.